The highest BCUT2D eigenvalue weighted by molar-refractivity contribution is 6.03. The molecule has 3 N–H and O–H groups in total. The number of carbonyl (C=O) groups excluding carboxylic acids is 1. The standard InChI is InChI=1S/C20H16F2N6O/c1-10-24-9-14-18(26-10)7-17(28-19(14)23)13-6-12(3-4-15(13)22)27-20(29)16-5-2-11(21)8-25-16/h2-6,8-9,17H,7H2,1H3,(H2,23,28)(H,27,29). The lowest BCUT2D eigenvalue weighted by atomic mass is 9.96. The summed E-state index contributed by atoms with van der Waals surface area (Å²) in [6, 6.07) is 5.99. The van der Waals surface area contributed by atoms with E-state index in [-0.39, 0.29) is 17.1 Å². The lowest BCUT2D eigenvalue weighted by Gasteiger charge is -2.22. The number of hydrogen-bond donors (Lipinski definition) is 2. The molecule has 0 bridgehead atoms. The number of nitrogens with zero attached hydrogens (tertiary/aromatic N) is 4. The van der Waals surface area contributed by atoms with Gasteiger partial charge in [0.05, 0.1) is 23.5 Å². The molecule has 3 heterocycles. The van der Waals surface area contributed by atoms with E-state index >= 15 is 0 Å². The number of hydrogen-bond acceptors (Lipinski definition) is 6. The molecule has 0 radical (unpaired) electrons. The number of fused-ring (bicyclic) bond motifs is 1. The first-order valence-electron chi connectivity index (χ1n) is 8.79. The molecular weight excluding hydrogens is 378 g/mol. The Morgan fingerprint density at radius 2 is 2.00 bits per heavy atom. The number of pyridine rings is 1. The molecular formula is C20H16F2N6O. The molecule has 1 aliphatic rings. The van der Waals surface area contributed by atoms with Crippen LogP contribution in [0.15, 0.2) is 47.7 Å². The van der Waals surface area contributed by atoms with Crippen molar-refractivity contribution in [1.82, 2.24) is 15.0 Å². The predicted octanol–water partition coefficient (Wildman–Crippen LogP) is 2.71. The number of amidine groups is 1. The van der Waals surface area contributed by atoms with Gasteiger partial charge >= 0.3 is 0 Å². The van der Waals surface area contributed by atoms with E-state index in [2.05, 4.69) is 25.3 Å². The van der Waals surface area contributed by atoms with Gasteiger partial charge in [-0.05, 0) is 37.3 Å². The fraction of sp³-hybridized carbons (Fsp3) is 0.150. The molecule has 7 nitrogen and oxygen atoms in total. The third-order valence-electron chi connectivity index (χ3n) is 4.52. The molecule has 1 aromatic carbocycles. The van der Waals surface area contributed by atoms with Gasteiger partial charge in [-0.3, -0.25) is 9.79 Å². The summed E-state index contributed by atoms with van der Waals surface area (Å²) in [6.45, 7) is 1.76. The molecule has 1 amide bonds. The lowest BCUT2D eigenvalue weighted by molar-refractivity contribution is 0.102. The minimum atomic E-state index is -0.586. The van der Waals surface area contributed by atoms with Crippen LogP contribution in [-0.4, -0.2) is 26.7 Å². The van der Waals surface area contributed by atoms with Gasteiger partial charge < -0.3 is 11.1 Å². The van der Waals surface area contributed by atoms with Gasteiger partial charge in [0.15, 0.2) is 0 Å². The van der Waals surface area contributed by atoms with Gasteiger partial charge in [-0.2, -0.15) is 0 Å². The van der Waals surface area contributed by atoms with E-state index in [1.54, 1.807) is 13.1 Å². The van der Waals surface area contributed by atoms with Crippen LogP contribution in [0.5, 0.6) is 0 Å². The van der Waals surface area contributed by atoms with Gasteiger partial charge in [0, 0.05) is 23.9 Å². The number of benzene rings is 1. The zero-order valence-electron chi connectivity index (χ0n) is 15.4. The average Bonchev–Trinajstić information content (AvgIpc) is 2.69. The normalized spacial score (nSPS) is 15.4. The molecule has 1 atom stereocenters. The maximum Gasteiger partial charge on any atom is 0.274 e. The van der Waals surface area contributed by atoms with Crippen LogP contribution in [0.1, 0.15) is 39.2 Å². The molecule has 3 aromatic rings. The monoisotopic (exact) mass is 394 g/mol. The van der Waals surface area contributed by atoms with Crippen LogP contribution in [0.4, 0.5) is 14.5 Å². The summed E-state index contributed by atoms with van der Waals surface area (Å²) < 4.78 is 27.5. The highest BCUT2D eigenvalue weighted by Crippen LogP contribution is 2.31. The highest BCUT2D eigenvalue weighted by Gasteiger charge is 2.25. The molecule has 0 aliphatic carbocycles. The Balaban J connectivity index is 1.61. The Bertz CT molecular complexity index is 1130. The second kappa shape index (κ2) is 7.34. The molecule has 9 heteroatoms. The quantitative estimate of drug-likeness (QED) is 0.710. The van der Waals surface area contributed by atoms with Crippen molar-refractivity contribution in [2.45, 2.75) is 19.4 Å². The molecule has 1 aliphatic heterocycles. The maximum atomic E-state index is 14.5. The van der Waals surface area contributed by atoms with Crippen LogP contribution in [0.25, 0.3) is 0 Å². The molecule has 4 rings (SSSR count). The van der Waals surface area contributed by atoms with Crippen molar-refractivity contribution in [3.63, 3.8) is 0 Å². The number of amides is 1. The maximum absolute atomic E-state index is 14.5. The van der Waals surface area contributed by atoms with Crippen LogP contribution in [0.3, 0.4) is 0 Å². The molecule has 1 unspecified atom stereocenters. The highest BCUT2D eigenvalue weighted by atomic mass is 19.1. The van der Waals surface area contributed by atoms with Gasteiger partial charge in [-0.15, -0.1) is 0 Å². The van der Waals surface area contributed by atoms with E-state index in [1.165, 1.54) is 24.3 Å². The third-order valence-corrected chi connectivity index (χ3v) is 4.52. The van der Waals surface area contributed by atoms with Crippen molar-refractivity contribution < 1.29 is 13.6 Å². The van der Waals surface area contributed by atoms with Crippen molar-refractivity contribution in [2.24, 2.45) is 10.7 Å². The number of anilines is 1. The van der Waals surface area contributed by atoms with Gasteiger partial charge in [0.2, 0.25) is 0 Å². The Labute approximate surface area is 164 Å². The summed E-state index contributed by atoms with van der Waals surface area (Å²) in [7, 11) is 0. The van der Waals surface area contributed by atoms with Gasteiger partial charge in [0.25, 0.3) is 5.91 Å². The number of nitrogens with two attached hydrogens (primary N) is 1. The number of carbonyl (C=O) groups is 1. The number of aliphatic imine (C=N–C) groups is 1. The van der Waals surface area contributed by atoms with E-state index in [0.29, 0.717) is 29.2 Å². The van der Waals surface area contributed by atoms with E-state index in [0.717, 1.165) is 12.3 Å². The number of aryl methyl sites for hydroxylation is 1. The van der Waals surface area contributed by atoms with Gasteiger partial charge in [-0.25, -0.2) is 23.7 Å². The number of halogens is 2. The lowest BCUT2D eigenvalue weighted by Crippen LogP contribution is -2.25. The Morgan fingerprint density at radius 1 is 1.17 bits per heavy atom. The zero-order chi connectivity index (χ0) is 20.5. The summed E-state index contributed by atoms with van der Waals surface area (Å²) in [5.41, 5.74) is 8.03. The molecule has 2 aromatic heterocycles. The fourth-order valence-corrected chi connectivity index (χ4v) is 3.11. The van der Waals surface area contributed by atoms with E-state index in [1.807, 2.05) is 0 Å². The van der Waals surface area contributed by atoms with E-state index < -0.39 is 23.6 Å². The summed E-state index contributed by atoms with van der Waals surface area (Å²) in [6.07, 6.45) is 2.91. The van der Waals surface area contributed by atoms with Gasteiger partial charge in [0.1, 0.15) is 29.0 Å². The van der Waals surface area contributed by atoms with Crippen molar-refractivity contribution in [3.05, 3.63) is 82.7 Å². The topological polar surface area (TPSA) is 106 Å². The second-order valence-corrected chi connectivity index (χ2v) is 6.56. The molecule has 0 saturated carbocycles. The number of aromatic nitrogens is 3. The van der Waals surface area contributed by atoms with E-state index in [9.17, 15) is 13.6 Å². The van der Waals surface area contributed by atoms with Crippen molar-refractivity contribution in [3.8, 4) is 0 Å². The largest absolute Gasteiger partial charge is 0.383 e. The summed E-state index contributed by atoms with van der Waals surface area (Å²) in [4.78, 5) is 28.9. The van der Waals surface area contributed by atoms with E-state index in [4.69, 9.17) is 5.73 Å². The third kappa shape index (κ3) is 3.79. The average molecular weight is 394 g/mol. The number of rotatable bonds is 3. The second-order valence-electron chi connectivity index (χ2n) is 6.56. The minimum absolute atomic E-state index is 0.0401. The first-order valence-corrected chi connectivity index (χ1v) is 8.79. The SMILES string of the molecule is Cc1ncc2c(n1)CC(c1cc(NC(=O)c3ccc(F)cn3)ccc1F)N=C2N. The summed E-state index contributed by atoms with van der Waals surface area (Å²) in [5, 5.41) is 2.63. The van der Waals surface area contributed by atoms with Gasteiger partial charge in [-0.1, -0.05) is 0 Å². The van der Waals surface area contributed by atoms with Crippen LogP contribution in [-0.2, 0) is 6.42 Å². The van der Waals surface area contributed by atoms with Crippen LogP contribution in [0.2, 0.25) is 0 Å². The molecule has 0 fully saturated rings. The smallest absolute Gasteiger partial charge is 0.274 e. The zero-order valence-corrected chi connectivity index (χ0v) is 15.4. The first kappa shape index (κ1) is 18.6. The fourth-order valence-electron chi connectivity index (χ4n) is 3.11. The van der Waals surface area contributed by atoms with Crippen molar-refractivity contribution >= 4 is 17.4 Å². The van der Waals surface area contributed by atoms with Crippen LogP contribution < -0.4 is 11.1 Å². The van der Waals surface area contributed by atoms with Crippen LogP contribution in [0, 0.1) is 18.6 Å². The predicted molar refractivity (Wildman–Crippen MR) is 102 cm³/mol. The molecule has 0 spiro atoms. The minimum Gasteiger partial charge on any atom is -0.383 e. The summed E-state index contributed by atoms with van der Waals surface area (Å²) in [5.74, 6) is -0.731. The van der Waals surface area contributed by atoms with Crippen molar-refractivity contribution in [2.75, 3.05) is 5.32 Å². The Hall–Kier alpha value is -3.75. The van der Waals surface area contributed by atoms with Crippen LogP contribution >= 0.6 is 0 Å². The molecule has 0 saturated heterocycles. The van der Waals surface area contributed by atoms with Crippen molar-refractivity contribution in [1.29, 1.82) is 0 Å². The Morgan fingerprint density at radius 3 is 2.76 bits per heavy atom. The Kier molecular flexibility index (Phi) is 4.71. The first-order chi connectivity index (χ1) is 13.9. The number of nitrogens with one attached hydrogen (secondary N) is 1. The molecule has 29 heavy (non-hydrogen) atoms. The summed E-state index contributed by atoms with van der Waals surface area (Å²) >= 11 is 0. The molecule has 146 valence electrons.